The average molecular weight is 360 g/mol. The number of likely N-dealkylation sites (N-methyl/N-ethyl adjacent to an activating group) is 1. The molecule has 3 rings (SSSR count). The number of benzene rings is 1. The van der Waals surface area contributed by atoms with Gasteiger partial charge in [-0.3, -0.25) is 14.3 Å². The third-order valence-corrected chi connectivity index (χ3v) is 4.56. The van der Waals surface area contributed by atoms with Crippen LogP contribution in [0.1, 0.15) is 46.4 Å². The number of aromatic hydroxyl groups is 1. The highest BCUT2D eigenvalue weighted by atomic mass is 19.1. The number of hydrogen-bond acceptors (Lipinski definition) is 4. The molecule has 0 radical (unpaired) electrons. The number of rotatable bonds is 4. The third kappa shape index (κ3) is 3.14. The Bertz CT molecular complexity index is 845. The highest BCUT2D eigenvalue weighted by Crippen LogP contribution is 2.33. The van der Waals surface area contributed by atoms with Crippen molar-refractivity contribution in [2.75, 3.05) is 13.6 Å². The van der Waals surface area contributed by atoms with Crippen LogP contribution in [0.25, 0.3) is 0 Å². The van der Waals surface area contributed by atoms with Gasteiger partial charge in [0.2, 0.25) is 0 Å². The topological polar surface area (TPSA) is 87.5 Å². The van der Waals surface area contributed by atoms with Crippen LogP contribution in [0.15, 0.2) is 24.3 Å². The fourth-order valence-electron chi connectivity index (χ4n) is 3.00. The maximum absolute atomic E-state index is 12.9. The maximum atomic E-state index is 12.9. The van der Waals surface area contributed by atoms with Crippen LogP contribution >= 0.6 is 0 Å². The second-order valence-corrected chi connectivity index (χ2v) is 6.80. The summed E-state index contributed by atoms with van der Waals surface area (Å²) >= 11 is 0. The summed E-state index contributed by atoms with van der Waals surface area (Å²) in [6.07, 6.45) is 0. The summed E-state index contributed by atoms with van der Waals surface area (Å²) < 4.78 is 14.4. The van der Waals surface area contributed by atoms with E-state index in [1.165, 1.54) is 21.7 Å². The largest absolute Gasteiger partial charge is 0.504 e. The Hall–Kier alpha value is -2.90. The Morgan fingerprint density at radius 1 is 1.38 bits per heavy atom. The summed E-state index contributed by atoms with van der Waals surface area (Å²) in [5.74, 6) is -1.57. The summed E-state index contributed by atoms with van der Waals surface area (Å²) in [6.45, 7) is 4.60. The van der Waals surface area contributed by atoms with Crippen molar-refractivity contribution in [1.29, 1.82) is 0 Å². The van der Waals surface area contributed by atoms with Gasteiger partial charge < -0.3 is 15.3 Å². The summed E-state index contributed by atoms with van der Waals surface area (Å²) in [6, 6.07) is 5.59. The molecule has 0 spiro atoms. The van der Waals surface area contributed by atoms with Crippen LogP contribution in [0.5, 0.6) is 5.75 Å². The normalized spacial score (nSPS) is 16.7. The number of carbonyl (C=O) groups is 2. The van der Waals surface area contributed by atoms with Crippen molar-refractivity contribution in [2.24, 2.45) is 5.92 Å². The minimum absolute atomic E-state index is 0.0318. The molecule has 1 aliphatic rings. The number of hydrogen-bond donors (Lipinski definition) is 2. The molecule has 1 atom stereocenters. The molecule has 0 bridgehead atoms. The number of aromatic nitrogens is 2. The number of nitrogens with one attached hydrogen (secondary N) is 1. The van der Waals surface area contributed by atoms with Crippen molar-refractivity contribution in [1.82, 2.24) is 20.0 Å². The van der Waals surface area contributed by atoms with Crippen molar-refractivity contribution < 1.29 is 19.1 Å². The molecule has 8 heteroatoms. The Kier molecular flexibility index (Phi) is 4.67. The fraction of sp³-hybridized carbons (Fsp3) is 0.389. The van der Waals surface area contributed by atoms with Crippen LogP contribution in [-0.2, 0) is 6.54 Å². The first-order chi connectivity index (χ1) is 12.3. The van der Waals surface area contributed by atoms with Gasteiger partial charge in [-0.1, -0.05) is 26.0 Å². The van der Waals surface area contributed by atoms with Crippen LogP contribution in [0.4, 0.5) is 4.39 Å². The van der Waals surface area contributed by atoms with E-state index in [0.717, 1.165) is 0 Å². The lowest BCUT2D eigenvalue weighted by molar-refractivity contribution is 0.0676. The first-order valence-corrected chi connectivity index (χ1v) is 8.39. The molecule has 2 heterocycles. The van der Waals surface area contributed by atoms with Gasteiger partial charge >= 0.3 is 0 Å². The second-order valence-electron chi connectivity index (χ2n) is 6.80. The molecular weight excluding hydrogens is 339 g/mol. The molecular formula is C18H21FN4O3. The van der Waals surface area contributed by atoms with E-state index in [-0.39, 0.29) is 41.6 Å². The second kappa shape index (κ2) is 6.78. The first-order valence-electron chi connectivity index (χ1n) is 8.39. The standard InChI is InChI=1S/C18H21FN4O3/c1-10(2)13-9-22(3)18(26)15-16(24)14(21-23(13)15)17(25)20-8-11-4-6-12(19)7-5-11/h4-7,10,13,24H,8-9H2,1-3H3,(H,20,25). The van der Waals surface area contributed by atoms with Crippen LogP contribution in [0.3, 0.4) is 0 Å². The highest BCUT2D eigenvalue weighted by molar-refractivity contribution is 6.02. The van der Waals surface area contributed by atoms with Gasteiger partial charge in [-0.15, -0.1) is 0 Å². The highest BCUT2D eigenvalue weighted by Gasteiger charge is 2.37. The molecule has 26 heavy (non-hydrogen) atoms. The van der Waals surface area contributed by atoms with Crippen molar-refractivity contribution in [3.63, 3.8) is 0 Å². The number of fused-ring (bicyclic) bond motifs is 1. The van der Waals surface area contributed by atoms with E-state index in [1.807, 2.05) is 13.8 Å². The summed E-state index contributed by atoms with van der Waals surface area (Å²) in [5.41, 5.74) is 0.555. The Balaban J connectivity index is 1.85. The zero-order chi connectivity index (χ0) is 19.0. The lowest BCUT2D eigenvalue weighted by Gasteiger charge is -2.33. The molecule has 2 aromatic rings. The maximum Gasteiger partial charge on any atom is 0.275 e. The third-order valence-electron chi connectivity index (χ3n) is 4.56. The lowest BCUT2D eigenvalue weighted by atomic mass is 10.0. The number of halogens is 1. The van der Waals surface area contributed by atoms with Crippen LogP contribution in [0.2, 0.25) is 0 Å². The van der Waals surface area contributed by atoms with Gasteiger partial charge in [0.25, 0.3) is 11.8 Å². The Morgan fingerprint density at radius 2 is 2.04 bits per heavy atom. The number of nitrogens with zero attached hydrogens (tertiary/aromatic N) is 3. The van der Waals surface area contributed by atoms with Gasteiger partial charge in [0.15, 0.2) is 17.1 Å². The summed E-state index contributed by atoms with van der Waals surface area (Å²) in [4.78, 5) is 26.3. The van der Waals surface area contributed by atoms with Crippen molar-refractivity contribution in [3.05, 3.63) is 47.0 Å². The van der Waals surface area contributed by atoms with Gasteiger partial charge in [0.1, 0.15) is 5.82 Å². The quantitative estimate of drug-likeness (QED) is 0.872. The van der Waals surface area contributed by atoms with E-state index in [9.17, 15) is 19.1 Å². The molecule has 1 aliphatic heterocycles. The van der Waals surface area contributed by atoms with E-state index in [2.05, 4.69) is 10.4 Å². The molecule has 2 amide bonds. The zero-order valence-electron chi connectivity index (χ0n) is 14.9. The smallest absolute Gasteiger partial charge is 0.275 e. The number of amides is 2. The van der Waals surface area contributed by atoms with Crippen molar-refractivity contribution in [3.8, 4) is 5.75 Å². The molecule has 0 fully saturated rings. The predicted molar refractivity (Wildman–Crippen MR) is 92.3 cm³/mol. The van der Waals surface area contributed by atoms with E-state index in [1.54, 1.807) is 19.2 Å². The van der Waals surface area contributed by atoms with Gasteiger partial charge in [-0.05, 0) is 23.6 Å². The molecule has 7 nitrogen and oxygen atoms in total. The molecule has 0 saturated heterocycles. The minimum Gasteiger partial charge on any atom is -0.504 e. The van der Waals surface area contributed by atoms with E-state index < -0.39 is 11.7 Å². The molecule has 1 unspecified atom stereocenters. The van der Waals surface area contributed by atoms with Gasteiger partial charge in [0.05, 0.1) is 6.04 Å². The van der Waals surface area contributed by atoms with E-state index in [4.69, 9.17) is 0 Å². The Morgan fingerprint density at radius 3 is 2.65 bits per heavy atom. The van der Waals surface area contributed by atoms with Crippen molar-refractivity contribution >= 4 is 11.8 Å². The van der Waals surface area contributed by atoms with Crippen molar-refractivity contribution in [2.45, 2.75) is 26.4 Å². The Labute approximate surface area is 150 Å². The molecule has 0 aliphatic carbocycles. The molecule has 2 N–H and O–H groups in total. The van der Waals surface area contributed by atoms with Crippen LogP contribution in [-0.4, -0.2) is 45.2 Å². The fourth-order valence-corrected chi connectivity index (χ4v) is 3.00. The lowest BCUT2D eigenvalue weighted by Crippen LogP contribution is -2.42. The first kappa shape index (κ1) is 17.9. The summed E-state index contributed by atoms with van der Waals surface area (Å²) in [7, 11) is 1.65. The SMILES string of the molecule is CC(C)C1CN(C)C(=O)c2c(O)c(C(=O)NCc3ccc(F)cc3)nn21. The minimum atomic E-state index is -0.591. The molecule has 0 saturated carbocycles. The zero-order valence-corrected chi connectivity index (χ0v) is 14.9. The molecule has 138 valence electrons. The monoisotopic (exact) mass is 360 g/mol. The average Bonchev–Trinajstić information content (AvgIpc) is 2.95. The van der Waals surface area contributed by atoms with E-state index >= 15 is 0 Å². The van der Waals surface area contributed by atoms with Gasteiger partial charge in [-0.2, -0.15) is 5.10 Å². The van der Waals surface area contributed by atoms with Crippen LogP contribution in [0, 0.1) is 11.7 Å². The molecule has 1 aromatic carbocycles. The van der Waals surface area contributed by atoms with Gasteiger partial charge in [-0.25, -0.2) is 4.39 Å². The predicted octanol–water partition coefficient (Wildman–Crippen LogP) is 1.94. The van der Waals surface area contributed by atoms with E-state index in [0.29, 0.717) is 12.1 Å². The van der Waals surface area contributed by atoms with Crippen LogP contribution < -0.4 is 5.32 Å². The molecule has 1 aromatic heterocycles. The summed E-state index contributed by atoms with van der Waals surface area (Å²) in [5, 5.41) is 17.3. The number of carbonyl (C=O) groups excluding carboxylic acids is 2. The van der Waals surface area contributed by atoms with Gasteiger partial charge in [0, 0.05) is 20.1 Å².